The zero-order valence-electron chi connectivity index (χ0n) is 11.6. The van der Waals surface area contributed by atoms with Crippen LogP contribution in [0.2, 0.25) is 0 Å². The van der Waals surface area contributed by atoms with Crippen LogP contribution in [0.4, 0.5) is 14.5 Å². The van der Waals surface area contributed by atoms with Crippen molar-refractivity contribution >= 4 is 11.6 Å². The zero-order valence-corrected chi connectivity index (χ0v) is 11.6. The van der Waals surface area contributed by atoms with Crippen LogP contribution in [-0.2, 0) is 0 Å². The molecule has 1 aromatic carbocycles. The lowest BCUT2D eigenvalue weighted by molar-refractivity contribution is 0.0911. The predicted molar refractivity (Wildman–Crippen MR) is 74.3 cm³/mol. The maximum atomic E-state index is 13.8. The molecular weight excluding hydrogens is 262 g/mol. The van der Waals surface area contributed by atoms with E-state index in [0.717, 1.165) is 37.8 Å². The maximum absolute atomic E-state index is 13.8. The van der Waals surface area contributed by atoms with Crippen LogP contribution >= 0.6 is 0 Å². The number of benzene rings is 1. The van der Waals surface area contributed by atoms with Gasteiger partial charge in [-0.3, -0.25) is 4.79 Å². The summed E-state index contributed by atoms with van der Waals surface area (Å²) in [5.74, 6) is -2.23. The van der Waals surface area contributed by atoms with Gasteiger partial charge in [0.15, 0.2) is 5.82 Å². The average molecular weight is 282 g/mol. The van der Waals surface area contributed by atoms with Crippen LogP contribution in [0.3, 0.4) is 0 Å². The van der Waals surface area contributed by atoms with Gasteiger partial charge in [-0.1, -0.05) is 19.3 Å². The van der Waals surface area contributed by atoms with Crippen molar-refractivity contribution in [3.05, 3.63) is 29.3 Å². The third kappa shape index (κ3) is 3.08. The Balaban J connectivity index is 2.10. The van der Waals surface area contributed by atoms with E-state index in [-0.39, 0.29) is 11.7 Å². The van der Waals surface area contributed by atoms with Crippen molar-refractivity contribution in [2.45, 2.75) is 45.1 Å². The molecule has 1 saturated carbocycles. The molecule has 3 N–H and O–H groups in total. The fraction of sp³-hybridized carbons (Fsp3) is 0.533. The molecule has 1 amide bonds. The second-order valence-corrected chi connectivity index (χ2v) is 5.49. The largest absolute Gasteiger partial charge is 0.396 e. The summed E-state index contributed by atoms with van der Waals surface area (Å²) < 4.78 is 27.4. The molecule has 20 heavy (non-hydrogen) atoms. The molecule has 2 rings (SSSR count). The quantitative estimate of drug-likeness (QED) is 0.836. The van der Waals surface area contributed by atoms with E-state index in [9.17, 15) is 13.6 Å². The topological polar surface area (TPSA) is 55.1 Å². The summed E-state index contributed by atoms with van der Waals surface area (Å²) >= 11 is 0. The number of nitrogens with two attached hydrogens (primary N) is 1. The summed E-state index contributed by atoms with van der Waals surface area (Å²) in [7, 11) is 0. The molecule has 110 valence electrons. The Morgan fingerprint density at radius 2 is 1.95 bits per heavy atom. The lowest BCUT2D eigenvalue weighted by Crippen LogP contribution is -2.39. The highest BCUT2D eigenvalue weighted by atomic mass is 19.1. The molecule has 1 aliphatic carbocycles. The van der Waals surface area contributed by atoms with Crippen LogP contribution in [0.1, 0.15) is 49.4 Å². The summed E-state index contributed by atoms with van der Waals surface area (Å²) in [5.41, 5.74) is 4.57. The van der Waals surface area contributed by atoms with Gasteiger partial charge in [0.1, 0.15) is 11.4 Å². The van der Waals surface area contributed by atoms with Crippen molar-refractivity contribution in [2.24, 2.45) is 5.92 Å². The summed E-state index contributed by atoms with van der Waals surface area (Å²) in [5, 5.41) is 2.70. The van der Waals surface area contributed by atoms with E-state index in [1.807, 2.05) is 6.92 Å². The third-order valence-electron chi connectivity index (χ3n) is 4.06. The molecule has 1 aliphatic rings. The molecule has 1 unspecified atom stereocenters. The number of nitrogens with one attached hydrogen (secondary N) is 1. The third-order valence-corrected chi connectivity index (χ3v) is 4.06. The molecule has 0 heterocycles. The van der Waals surface area contributed by atoms with Crippen LogP contribution in [0.25, 0.3) is 0 Å². The molecule has 1 atom stereocenters. The van der Waals surface area contributed by atoms with E-state index in [2.05, 4.69) is 5.32 Å². The highest BCUT2D eigenvalue weighted by Crippen LogP contribution is 2.27. The number of carbonyl (C=O) groups is 1. The number of rotatable bonds is 3. The van der Waals surface area contributed by atoms with E-state index in [1.165, 1.54) is 6.42 Å². The fourth-order valence-corrected chi connectivity index (χ4v) is 2.81. The second kappa shape index (κ2) is 6.20. The van der Waals surface area contributed by atoms with E-state index in [4.69, 9.17) is 5.73 Å². The van der Waals surface area contributed by atoms with Gasteiger partial charge in [0.2, 0.25) is 0 Å². The lowest BCUT2D eigenvalue weighted by Gasteiger charge is -2.28. The Morgan fingerprint density at radius 1 is 1.30 bits per heavy atom. The standard InChI is InChI=1S/C15H20F2N2O/c1-9(10-5-3-2-4-6-10)19-15(20)13-11(16)7-8-12(18)14(13)17/h7-10H,2-6,18H2,1H3,(H,19,20). The molecular formula is C15H20F2N2O. The molecule has 0 radical (unpaired) electrons. The van der Waals surface area contributed by atoms with Gasteiger partial charge in [-0.05, 0) is 37.8 Å². The van der Waals surface area contributed by atoms with Crippen molar-refractivity contribution in [1.29, 1.82) is 0 Å². The lowest BCUT2D eigenvalue weighted by atomic mass is 9.84. The molecule has 0 bridgehead atoms. The van der Waals surface area contributed by atoms with Crippen LogP contribution in [0.15, 0.2) is 12.1 Å². The molecule has 1 aromatic rings. The molecule has 0 saturated heterocycles. The maximum Gasteiger partial charge on any atom is 0.257 e. The van der Waals surface area contributed by atoms with Crippen molar-refractivity contribution < 1.29 is 13.6 Å². The Morgan fingerprint density at radius 3 is 2.60 bits per heavy atom. The average Bonchev–Trinajstić information content (AvgIpc) is 2.44. The number of hydrogen-bond donors (Lipinski definition) is 2. The molecule has 0 aliphatic heterocycles. The smallest absolute Gasteiger partial charge is 0.257 e. The first kappa shape index (κ1) is 14.8. The summed E-state index contributed by atoms with van der Waals surface area (Å²) in [6.07, 6.45) is 5.60. The molecule has 3 nitrogen and oxygen atoms in total. The second-order valence-electron chi connectivity index (χ2n) is 5.49. The Kier molecular flexibility index (Phi) is 4.57. The zero-order chi connectivity index (χ0) is 14.7. The Bertz CT molecular complexity index is 499. The minimum absolute atomic E-state index is 0.0944. The van der Waals surface area contributed by atoms with Gasteiger partial charge in [0.05, 0.1) is 5.69 Å². The Labute approximate surface area is 117 Å². The molecule has 0 spiro atoms. The van der Waals surface area contributed by atoms with Crippen LogP contribution in [-0.4, -0.2) is 11.9 Å². The van der Waals surface area contributed by atoms with E-state index in [0.29, 0.717) is 5.92 Å². The first-order chi connectivity index (χ1) is 9.50. The number of nitrogen functional groups attached to an aromatic ring is 1. The van der Waals surface area contributed by atoms with E-state index in [1.54, 1.807) is 0 Å². The summed E-state index contributed by atoms with van der Waals surface area (Å²) in [4.78, 5) is 12.0. The van der Waals surface area contributed by atoms with Gasteiger partial charge in [0.25, 0.3) is 5.91 Å². The Hall–Kier alpha value is -1.65. The first-order valence-electron chi connectivity index (χ1n) is 7.05. The van der Waals surface area contributed by atoms with E-state index >= 15 is 0 Å². The number of anilines is 1. The summed E-state index contributed by atoms with van der Waals surface area (Å²) in [6, 6.07) is 2.04. The normalized spacial score (nSPS) is 17.8. The van der Waals surface area contributed by atoms with Crippen LogP contribution < -0.4 is 11.1 Å². The fourth-order valence-electron chi connectivity index (χ4n) is 2.81. The summed E-state index contributed by atoms with van der Waals surface area (Å²) in [6.45, 7) is 1.88. The number of halogens is 2. The number of hydrogen-bond acceptors (Lipinski definition) is 2. The number of carbonyl (C=O) groups excluding carboxylic acids is 1. The van der Waals surface area contributed by atoms with Gasteiger partial charge < -0.3 is 11.1 Å². The van der Waals surface area contributed by atoms with Crippen LogP contribution in [0, 0.1) is 17.6 Å². The highest BCUT2D eigenvalue weighted by molar-refractivity contribution is 5.95. The highest BCUT2D eigenvalue weighted by Gasteiger charge is 2.25. The van der Waals surface area contributed by atoms with Gasteiger partial charge in [-0.2, -0.15) is 0 Å². The molecule has 5 heteroatoms. The minimum Gasteiger partial charge on any atom is -0.396 e. The van der Waals surface area contributed by atoms with Crippen molar-refractivity contribution in [2.75, 3.05) is 5.73 Å². The van der Waals surface area contributed by atoms with E-state index < -0.39 is 23.1 Å². The van der Waals surface area contributed by atoms with Crippen LogP contribution in [0.5, 0.6) is 0 Å². The monoisotopic (exact) mass is 282 g/mol. The molecule has 0 aromatic heterocycles. The van der Waals surface area contributed by atoms with Gasteiger partial charge >= 0.3 is 0 Å². The number of amides is 1. The van der Waals surface area contributed by atoms with Crippen molar-refractivity contribution in [3.63, 3.8) is 0 Å². The molecule has 1 fully saturated rings. The van der Waals surface area contributed by atoms with Gasteiger partial charge in [-0.15, -0.1) is 0 Å². The minimum atomic E-state index is -0.988. The van der Waals surface area contributed by atoms with Crippen molar-refractivity contribution in [1.82, 2.24) is 5.32 Å². The first-order valence-corrected chi connectivity index (χ1v) is 7.05. The SMILES string of the molecule is CC(NC(=O)c1c(F)ccc(N)c1F)C1CCCCC1. The van der Waals surface area contributed by atoms with Gasteiger partial charge in [-0.25, -0.2) is 8.78 Å². The predicted octanol–water partition coefficient (Wildman–Crippen LogP) is 3.25. The van der Waals surface area contributed by atoms with Crippen molar-refractivity contribution in [3.8, 4) is 0 Å². The van der Waals surface area contributed by atoms with Gasteiger partial charge in [0, 0.05) is 6.04 Å².